The molecule has 0 saturated heterocycles. The molecule has 0 fully saturated rings. The maximum absolute atomic E-state index is 13.0. The van der Waals surface area contributed by atoms with Crippen molar-refractivity contribution >= 4 is 23.6 Å². The average Bonchev–Trinajstić information content (AvgIpc) is 3.01. The number of amides is 4. The van der Waals surface area contributed by atoms with Crippen LogP contribution in [0.3, 0.4) is 0 Å². The van der Waals surface area contributed by atoms with Gasteiger partial charge in [-0.2, -0.15) is 0 Å². The molecule has 1 aromatic carbocycles. The van der Waals surface area contributed by atoms with E-state index in [1.165, 1.54) is 95.6 Å². The molecule has 4 amide bonds. The largest absolute Gasteiger partial charge is 0.366 e. The molecule has 1 atom stereocenters. The van der Waals surface area contributed by atoms with E-state index in [0.29, 0.717) is 19.0 Å². The van der Waals surface area contributed by atoms with E-state index in [-0.39, 0.29) is 22.3 Å². The van der Waals surface area contributed by atoms with Crippen LogP contribution in [0.2, 0.25) is 0 Å². The fourth-order valence-electron chi connectivity index (χ4n) is 5.63. The standard InChI is InChI=1S/C36H62N4O4/c1-4-7-9-10-11-12-13-14-15-16-17-18-19-20-21-22-24-39-35(43)31-25-30(34(38)42)32(26-29(31)33(37)41)36(44)40-27-28(6-3)23-8-5-2/h25-26,28H,4-24,27H2,1-3H3,(H2,37,41)(H2,38,42)(H,39,43)(H,40,44). The van der Waals surface area contributed by atoms with Crippen molar-refractivity contribution in [3.8, 4) is 0 Å². The van der Waals surface area contributed by atoms with Gasteiger partial charge in [-0.1, -0.05) is 136 Å². The minimum Gasteiger partial charge on any atom is -0.366 e. The quantitative estimate of drug-likeness (QED) is 0.0749. The van der Waals surface area contributed by atoms with E-state index in [2.05, 4.69) is 31.4 Å². The van der Waals surface area contributed by atoms with Crippen LogP contribution < -0.4 is 22.1 Å². The first-order chi connectivity index (χ1) is 21.3. The van der Waals surface area contributed by atoms with Gasteiger partial charge in [-0.25, -0.2) is 0 Å². The van der Waals surface area contributed by atoms with Gasteiger partial charge in [0.1, 0.15) is 0 Å². The van der Waals surface area contributed by atoms with Gasteiger partial charge in [0, 0.05) is 13.1 Å². The first-order valence-corrected chi connectivity index (χ1v) is 17.6. The van der Waals surface area contributed by atoms with Gasteiger partial charge < -0.3 is 22.1 Å². The maximum atomic E-state index is 13.0. The third kappa shape index (κ3) is 16.2. The predicted molar refractivity (Wildman–Crippen MR) is 181 cm³/mol. The van der Waals surface area contributed by atoms with Gasteiger partial charge in [-0.15, -0.1) is 0 Å². The van der Waals surface area contributed by atoms with Crippen LogP contribution in [0.4, 0.5) is 0 Å². The van der Waals surface area contributed by atoms with Gasteiger partial charge in [0.05, 0.1) is 22.3 Å². The molecule has 250 valence electrons. The van der Waals surface area contributed by atoms with E-state index in [4.69, 9.17) is 11.5 Å². The van der Waals surface area contributed by atoms with Crippen molar-refractivity contribution in [3.05, 3.63) is 34.4 Å². The molecule has 0 aliphatic heterocycles. The van der Waals surface area contributed by atoms with Crippen molar-refractivity contribution in [1.29, 1.82) is 0 Å². The zero-order valence-electron chi connectivity index (χ0n) is 28.1. The highest BCUT2D eigenvalue weighted by Gasteiger charge is 2.24. The summed E-state index contributed by atoms with van der Waals surface area (Å²) in [5.74, 6) is -2.43. The molecule has 0 aliphatic carbocycles. The van der Waals surface area contributed by atoms with Crippen molar-refractivity contribution in [2.45, 2.75) is 149 Å². The summed E-state index contributed by atoms with van der Waals surface area (Å²) >= 11 is 0. The normalized spacial score (nSPS) is 11.7. The van der Waals surface area contributed by atoms with Gasteiger partial charge in [0.15, 0.2) is 0 Å². The van der Waals surface area contributed by atoms with E-state index in [1.54, 1.807) is 0 Å². The number of nitrogens with two attached hydrogens (primary N) is 2. The van der Waals surface area contributed by atoms with Crippen LogP contribution in [0.25, 0.3) is 0 Å². The lowest BCUT2D eigenvalue weighted by Crippen LogP contribution is -2.33. The maximum Gasteiger partial charge on any atom is 0.252 e. The number of hydrogen-bond donors (Lipinski definition) is 4. The Hall–Kier alpha value is -2.90. The Balaban J connectivity index is 2.46. The molecular formula is C36H62N4O4. The summed E-state index contributed by atoms with van der Waals surface area (Å²) in [5.41, 5.74) is 10.8. The summed E-state index contributed by atoms with van der Waals surface area (Å²) in [6.07, 6.45) is 24.4. The van der Waals surface area contributed by atoms with Crippen LogP contribution in [-0.2, 0) is 0 Å². The molecule has 8 nitrogen and oxygen atoms in total. The molecule has 6 N–H and O–H groups in total. The van der Waals surface area contributed by atoms with E-state index >= 15 is 0 Å². The van der Waals surface area contributed by atoms with Gasteiger partial charge >= 0.3 is 0 Å². The van der Waals surface area contributed by atoms with Gasteiger partial charge in [-0.3, -0.25) is 19.2 Å². The summed E-state index contributed by atoms with van der Waals surface area (Å²) in [6.45, 7) is 7.34. The number of carbonyl (C=O) groups is 4. The Morgan fingerprint density at radius 1 is 0.545 bits per heavy atom. The molecule has 8 heteroatoms. The SMILES string of the molecule is CCCCCCCCCCCCCCCCCCNC(=O)c1cc(C(N)=O)c(C(=O)NCC(CC)CCCC)cc1C(N)=O. The first-order valence-electron chi connectivity index (χ1n) is 17.6. The molecule has 0 radical (unpaired) electrons. The van der Waals surface area contributed by atoms with Crippen LogP contribution in [-0.4, -0.2) is 36.7 Å². The fourth-order valence-corrected chi connectivity index (χ4v) is 5.63. The van der Waals surface area contributed by atoms with Crippen LogP contribution in [0.5, 0.6) is 0 Å². The minimum absolute atomic E-state index is 0.0475. The third-order valence-electron chi connectivity index (χ3n) is 8.59. The second-order valence-corrected chi connectivity index (χ2v) is 12.4. The number of benzene rings is 1. The van der Waals surface area contributed by atoms with Gasteiger partial charge in [0.2, 0.25) is 11.8 Å². The second kappa shape index (κ2) is 24.4. The highest BCUT2D eigenvalue weighted by molar-refractivity contribution is 6.13. The molecule has 0 saturated carbocycles. The molecule has 0 heterocycles. The van der Waals surface area contributed by atoms with E-state index in [1.807, 2.05) is 0 Å². The van der Waals surface area contributed by atoms with Crippen molar-refractivity contribution in [1.82, 2.24) is 10.6 Å². The summed E-state index contributed by atoms with van der Waals surface area (Å²) in [7, 11) is 0. The molecule has 0 spiro atoms. The number of rotatable bonds is 27. The lowest BCUT2D eigenvalue weighted by molar-refractivity contribution is 0.0921. The Kier molecular flexibility index (Phi) is 21.7. The third-order valence-corrected chi connectivity index (χ3v) is 8.59. The van der Waals surface area contributed by atoms with Crippen LogP contribution in [0.1, 0.15) is 191 Å². The van der Waals surface area contributed by atoms with Gasteiger partial charge in [-0.05, 0) is 30.9 Å². The topological polar surface area (TPSA) is 144 Å². The Morgan fingerprint density at radius 2 is 0.932 bits per heavy atom. The zero-order chi connectivity index (χ0) is 32.6. The van der Waals surface area contributed by atoms with Crippen molar-refractivity contribution < 1.29 is 19.2 Å². The molecule has 1 unspecified atom stereocenters. The zero-order valence-corrected chi connectivity index (χ0v) is 28.1. The second-order valence-electron chi connectivity index (χ2n) is 12.4. The smallest absolute Gasteiger partial charge is 0.252 e. The Morgan fingerprint density at radius 3 is 1.32 bits per heavy atom. The number of carbonyl (C=O) groups excluding carboxylic acids is 4. The Bertz CT molecular complexity index is 995. The molecule has 1 aromatic rings. The van der Waals surface area contributed by atoms with Crippen molar-refractivity contribution in [2.75, 3.05) is 13.1 Å². The predicted octanol–water partition coefficient (Wildman–Crippen LogP) is 7.82. The molecular weight excluding hydrogens is 552 g/mol. The molecule has 0 aliphatic rings. The molecule has 1 rings (SSSR count). The highest BCUT2D eigenvalue weighted by atomic mass is 16.2. The molecule has 44 heavy (non-hydrogen) atoms. The average molecular weight is 615 g/mol. The summed E-state index contributed by atoms with van der Waals surface area (Å²) in [4.78, 5) is 50.4. The number of primary amides is 2. The lowest BCUT2D eigenvalue weighted by atomic mass is 9.95. The van der Waals surface area contributed by atoms with Crippen LogP contribution >= 0.6 is 0 Å². The fraction of sp³-hybridized carbons (Fsp3) is 0.722. The number of nitrogens with one attached hydrogen (secondary N) is 2. The minimum atomic E-state index is -0.851. The van der Waals surface area contributed by atoms with E-state index in [0.717, 1.165) is 44.9 Å². The molecule has 0 bridgehead atoms. The van der Waals surface area contributed by atoms with Crippen molar-refractivity contribution in [2.24, 2.45) is 17.4 Å². The van der Waals surface area contributed by atoms with Crippen LogP contribution in [0, 0.1) is 5.92 Å². The summed E-state index contributed by atoms with van der Waals surface area (Å²) < 4.78 is 0. The lowest BCUT2D eigenvalue weighted by Gasteiger charge is -2.17. The molecule has 0 aromatic heterocycles. The highest BCUT2D eigenvalue weighted by Crippen LogP contribution is 2.19. The number of hydrogen-bond acceptors (Lipinski definition) is 4. The van der Waals surface area contributed by atoms with E-state index in [9.17, 15) is 19.2 Å². The Labute approximate surface area is 267 Å². The van der Waals surface area contributed by atoms with E-state index < -0.39 is 23.6 Å². The number of unbranched alkanes of at least 4 members (excludes halogenated alkanes) is 16. The first kappa shape index (κ1) is 39.1. The van der Waals surface area contributed by atoms with Crippen molar-refractivity contribution in [3.63, 3.8) is 0 Å². The summed E-state index contributed by atoms with van der Waals surface area (Å²) in [6, 6.07) is 2.43. The monoisotopic (exact) mass is 614 g/mol. The summed E-state index contributed by atoms with van der Waals surface area (Å²) in [5, 5.41) is 5.68. The van der Waals surface area contributed by atoms with Gasteiger partial charge in [0.25, 0.3) is 11.8 Å². The van der Waals surface area contributed by atoms with Crippen LogP contribution in [0.15, 0.2) is 12.1 Å².